The van der Waals surface area contributed by atoms with Gasteiger partial charge in [-0.15, -0.1) is 20.5 Å². The molecule has 6 rings (SSSR count). The van der Waals surface area contributed by atoms with Gasteiger partial charge in [-0.2, -0.15) is 0 Å². The Bertz CT molecular complexity index is 2610. The molecule has 6 aromatic carbocycles. The molecule has 4 N–H and O–H groups in total. The van der Waals surface area contributed by atoms with Crippen LogP contribution in [0.4, 0.5) is 34.1 Å². The van der Waals surface area contributed by atoms with E-state index in [1.807, 2.05) is 0 Å². The van der Waals surface area contributed by atoms with Gasteiger partial charge in [0.1, 0.15) is 43.1 Å². The van der Waals surface area contributed by atoms with Crippen LogP contribution >= 0.6 is 0 Å². The second-order valence-corrected chi connectivity index (χ2v) is 14.1. The Morgan fingerprint density at radius 2 is 0.891 bits per heavy atom. The molecule has 0 heterocycles. The summed E-state index contributed by atoms with van der Waals surface area (Å²) in [5.74, 6) is -0.604. The van der Waals surface area contributed by atoms with Gasteiger partial charge in [0, 0.05) is 33.7 Å². The van der Waals surface area contributed by atoms with Crippen LogP contribution in [0, 0.1) is 23.7 Å². The number of phenols is 2. The minimum atomic E-state index is -4.73. The molecule has 0 spiro atoms. The molecule has 0 aliphatic rings. The number of hydrogen-bond acceptors (Lipinski definition) is 14. The fourth-order valence-corrected chi connectivity index (χ4v) is 6.59. The second-order valence-electron chi connectivity index (χ2n) is 11.4. The van der Waals surface area contributed by atoms with Gasteiger partial charge >= 0.3 is 49.1 Å². The summed E-state index contributed by atoms with van der Waals surface area (Å²) >= 11 is 0. The van der Waals surface area contributed by atoms with Crippen molar-refractivity contribution in [2.75, 3.05) is 0 Å². The van der Waals surface area contributed by atoms with Gasteiger partial charge in [0.2, 0.25) is 0 Å². The number of aromatic hydroxyl groups is 2. The second kappa shape index (κ2) is 16.9. The molecule has 0 atom stereocenters. The molecule has 0 saturated heterocycles. The Morgan fingerprint density at radius 1 is 0.527 bits per heavy atom. The first kappa shape index (κ1) is 42.3. The molecule has 0 saturated carbocycles. The number of benzene rings is 6. The van der Waals surface area contributed by atoms with E-state index in [1.54, 1.807) is 26.0 Å². The summed E-state index contributed by atoms with van der Waals surface area (Å²) in [5, 5.41) is 54.7. The third kappa shape index (κ3) is 9.61. The maximum absolute atomic E-state index is 11.4. The third-order valence-electron chi connectivity index (χ3n) is 7.67. The molecule has 276 valence electrons. The standard InChI is InChI=1S/2C17H13N3O6S.Ca/c2*1-10-5-7-14(20(22)23)13(9-10)18-19-17-12-3-2-4-16(27(24,25)26)11(12)6-8-15(17)21;/h2*2-9H,1H3,(H2-,18,21,22,23,24,25,26);/q;;+2. The average molecular weight is 815 g/mol. The van der Waals surface area contributed by atoms with Gasteiger partial charge in [-0.3, -0.25) is 0 Å². The summed E-state index contributed by atoms with van der Waals surface area (Å²) in [6, 6.07) is 21.8. The van der Waals surface area contributed by atoms with E-state index in [9.17, 15) is 56.4 Å². The van der Waals surface area contributed by atoms with E-state index in [0.717, 1.165) is 23.3 Å². The molecule has 0 amide bonds. The number of aryl methyl sites for hydroxylation is 2. The Labute approximate surface area is 341 Å². The van der Waals surface area contributed by atoms with Crippen LogP contribution in [-0.2, 0) is 20.2 Å². The first-order valence-electron chi connectivity index (χ1n) is 15.1. The Morgan fingerprint density at radius 3 is 1.22 bits per heavy atom. The summed E-state index contributed by atoms with van der Waals surface area (Å²) < 4.78 is 68.6. The first-order valence-corrected chi connectivity index (χ1v) is 18.0. The van der Waals surface area contributed by atoms with Crippen molar-refractivity contribution in [3.8, 4) is 11.5 Å². The number of rotatable bonds is 8. The number of azo groups is 2. The van der Waals surface area contributed by atoms with Crippen LogP contribution in [0.15, 0.2) is 127 Å². The largest absolute Gasteiger partial charge is 2.00 e. The zero-order chi connectivity index (χ0) is 39.5. The minimum Gasteiger partial charge on any atom is -0.744 e. The maximum Gasteiger partial charge on any atom is 2.00 e. The van der Waals surface area contributed by atoms with Gasteiger partial charge in [-0.1, -0.05) is 36.4 Å². The third-order valence-corrected chi connectivity index (χ3v) is 9.46. The molecule has 0 radical (unpaired) electrons. The number of fused-ring (bicyclic) bond motifs is 2. The van der Waals surface area contributed by atoms with E-state index in [2.05, 4.69) is 20.5 Å². The molecule has 21 heteroatoms. The number of nitrogens with zero attached hydrogens (tertiary/aromatic N) is 6. The first-order chi connectivity index (χ1) is 25.4. The van der Waals surface area contributed by atoms with Gasteiger partial charge in [-0.05, 0) is 73.5 Å². The van der Waals surface area contributed by atoms with Gasteiger partial charge in [0.15, 0.2) is 11.4 Å². The molecule has 0 bridgehead atoms. The van der Waals surface area contributed by atoms with Crippen molar-refractivity contribution in [1.29, 1.82) is 0 Å². The fraction of sp³-hybridized carbons (Fsp3) is 0.0588. The summed E-state index contributed by atoms with van der Waals surface area (Å²) in [5.41, 5.74) is 1.08. The normalized spacial score (nSPS) is 11.7. The van der Waals surface area contributed by atoms with E-state index >= 15 is 0 Å². The quantitative estimate of drug-likeness (QED) is 0.0501. The van der Waals surface area contributed by atoms with Gasteiger partial charge in [-0.25, -0.2) is 27.3 Å². The molecule has 6 aromatic rings. The van der Waals surface area contributed by atoms with Gasteiger partial charge in [0.05, 0.1) is 19.6 Å². The van der Waals surface area contributed by atoms with Crippen LogP contribution in [0.2, 0.25) is 0 Å². The summed E-state index contributed by atoms with van der Waals surface area (Å²) in [7, 11) is -9.47. The van der Waals surface area contributed by atoms with Crippen molar-refractivity contribution in [1.82, 2.24) is 0 Å². The van der Waals surface area contributed by atoms with Crippen LogP contribution in [0.3, 0.4) is 0 Å². The fourth-order valence-electron chi connectivity index (χ4n) is 5.21. The van der Waals surface area contributed by atoms with Crippen molar-refractivity contribution in [3.63, 3.8) is 0 Å². The van der Waals surface area contributed by atoms with Crippen LogP contribution < -0.4 is 0 Å². The molecule has 0 fully saturated rings. The molecule has 0 aliphatic heterocycles. The summed E-state index contributed by atoms with van der Waals surface area (Å²) in [4.78, 5) is 20.9. The average Bonchev–Trinajstić information content (AvgIpc) is 3.09. The van der Waals surface area contributed by atoms with E-state index in [1.165, 1.54) is 72.8 Å². The van der Waals surface area contributed by atoms with E-state index in [0.29, 0.717) is 0 Å². The topological polar surface area (TPSA) is 285 Å². The van der Waals surface area contributed by atoms with E-state index in [4.69, 9.17) is 0 Å². The molecule has 0 unspecified atom stereocenters. The molecule has 18 nitrogen and oxygen atoms in total. The van der Waals surface area contributed by atoms with Crippen LogP contribution in [0.5, 0.6) is 11.5 Å². The van der Waals surface area contributed by atoms with Crippen molar-refractivity contribution < 1.29 is 56.4 Å². The van der Waals surface area contributed by atoms with Crippen LogP contribution in [0.1, 0.15) is 11.1 Å². The van der Waals surface area contributed by atoms with Crippen LogP contribution in [0.25, 0.3) is 21.5 Å². The molecule has 0 aliphatic carbocycles. The number of phenolic OH excluding ortho intramolecular Hbond substituents is 2. The smallest absolute Gasteiger partial charge is 0.744 e. The van der Waals surface area contributed by atoms with E-state index in [-0.39, 0.29) is 115 Å². The molecule has 0 aromatic heterocycles. The minimum absolute atomic E-state index is 0. The molecular formula is C34H26CaN6O12S2+2. The monoisotopic (exact) mass is 814 g/mol. The predicted molar refractivity (Wildman–Crippen MR) is 194 cm³/mol. The SMILES string of the molecule is Cc1ccc([N+](=O)O)c(N=Nc2c(O)ccc3c(S(=O)(=O)[O-])cccc23)c1.Cc1ccc([N+](=O)O)c(N=Nc2c(O)ccc3c(S(=O)(=O)[O-])cccc23)c1.[Ca+2]. The Balaban J connectivity index is 0.000000240. The van der Waals surface area contributed by atoms with Crippen molar-refractivity contribution in [2.24, 2.45) is 20.5 Å². The van der Waals surface area contributed by atoms with Gasteiger partial charge < -0.3 is 19.3 Å². The molecular weight excluding hydrogens is 789 g/mol. The van der Waals surface area contributed by atoms with Crippen molar-refractivity contribution in [3.05, 3.63) is 118 Å². The predicted octanol–water partition coefficient (Wildman–Crippen LogP) is 7.57. The van der Waals surface area contributed by atoms with Crippen molar-refractivity contribution >= 4 is 114 Å². The van der Waals surface area contributed by atoms with Gasteiger partial charge in [0.25, 0.3) is 9.85 Å². The zero-order valence-electron chi connectivity index (χ0n) is 28.5. The maximum atomic E-state index is 11.4. The zero-order valence-corrected chi connectivity index (χ0v) is 32.3. The Kier molecular flexibility index (Phi) is 13.0. The van der Waals surface area contributed by atoms with Crippen LogP contribution in [-0.4, -0.2) is 94.2 Å². The molecule has 55 heavy (non-hydrogen) atoms. The Hall–Kier alpha value is -5.48. The van der Waals surface area contributed by atoms with E-state index < -0.39 is 30.0 Å². The summed E-state index contributed by atoms with van der Waals surface area (Å²) in [6.45, 7) is 3.49. The van der Waals surface area contributed by atoms with Crippen molar-refractivity contribution in [2.45, 2.75) is 23.6 Å². The summed E-state index contributed by atoms with van der Waals surface area (Å²) in [6.07, 6.45) is 0. The number of hydrogen-bond donors (Lipinski definition) is 4.